The second-order valence-corrected chi connectivity index (χ2v) is 13.2. The Morgan fingerprint density at radius 3 is 2.35 bits per heavy atom. The van der Waals surface area contributed by atoms with E-state index in [1.165, 1.54) is 35.2 Å². The fourth-order valence-corrected chi connectivity index (χ4v) is 6.38. The van der Waals surface area contributed by atoms with Gasteiger partial charge in [-0.05, 0) is 36.6 Å². The second-order valence-electron chi connectivity index (χ2n) is 8.85. The van der Waals surface area contributed by atoms with Gasteiger partial charge in [-0.3, -0.25) is 4.72 Å². The molecule has 0 unspecified atom stereocenters. The number of nitrogens with zero attached hydrogens (tertiary/aromatic N) is 3. The monoisotopic (exact) mass is 628 g/mol. The summed E-state index contributed by atoms with van der Waals surface area (Å²) in [7, 11) is -4.80. The molecule has 0 bridgehead atoms. The molecule has 0 saturated carbocycles. The maximum absolute atomic E-state index is 15.8. The minimum Gasteiger partial charge on any atom is -0.276 e. The van der Waals surface area contributed by atoms with Crippen molar-refractivity contribution >= 4 is 54.7 Å². The molecule has 37 heavy (non-hydrogen) atoms. The van der Waals surface area contributed by atoms with Crippen LogP contribution < -0.4 is 4.72 Å². The van der Waals surface area contributed by atoms with Crippen LogP contribution in [0.5, 0.6) is 0 Å². The lowest BCUT2D eigenvalue weighted by Gasteiger charge is -2.14. The van der Waals surface area contributed by atoms with Crippen molar-refractivity contribution in [1.29, 1.82) is 0 Å². The summed E-state index contributed by atoms with van der Waals surface area (Å²) in [5.74, 6) is -3.59. The number of nitrogens with one attached hydrogen (secondary N) is 1. The van der Waals surface area contributed by atoms with Gasteiger partial charge in [0.15, 0.2) is 15.9 Å². The van der Waals surface area contributed by atoms with Crippen LogP contribution in [-0.4, -0.2) is 29.6 Å². The molecule has 0 radical (unpaired) electrons. The Hall–Kier alpha value is -2.48. The molecule has 4 aromatic rings. The molecule has 0 aliphatic heterocycles. The summed E-state index contributed by atoms with van der Waals surface area (Å²) >= 11 is 5.60. The van der Waals surface area contributed by atoms with Crippen LogP contribution in [0.4, 0.5) is 18.9 Å². The van der Waals surface area contributed by atoms with Crippen LogP contribution in [-0.2, 0) is 15.4 Å². The number of benzene rings is 2. The summed E-state index contributed by atoms with van der Waals surface area (Å²) in [5, 5.41) is 1.24. The molecule has 2 aromatic heterocycles. The van der Waals surface area contributed by atoms with Crippen LogP contribution in [0.25, 0.3) is 21.8 Å². The lowest BCUT2D eigenvalue weighted by atomic mass is 9.98. The van der Waals surface area contributed by atoms with Crippen molar-refractivity contribution in [1.82, 2.24) is 15.0 Å². The lowest BCUT2D eigenvalue weighted by molar-refractivity contribution is 0.519. The van der Waals surface area contributed by atoms with E-state index in [0.717, 1.165) is 18.2 Å². The fraction of sp³-hybridized carbons (Fsp3) is 0.208. The highest BCUT2D eigenvalue weighted by Crippen LogP contribution is 2.42. The molecule has 13 heteroatoms. The van der Waals surface area contributed by atoms with Gasteiger partial charge < -0.3 is 0 Å². The summed E-state index contributed by atoms with van der Waals surface area (Å²) in [6, 6.07) is 7.35. The Balaban J connectivity index is 1.85. The number of halogens is 4. The first kappa shape index (κ1) is 27.6. The van der Waals surface area contributed by atoms with Gasteiger partial charge in [0, 0.05) is 21.6 Å². The first-order chi connectivity index (χ1) is 17.3. The maximum atomic E-state index is 15.8. The quantitative estimate of drug-likeness (QED) is 0.179. The molecule has 2 aromatic carbocycles. The van der Waals surface area contributed by atoms with E-state index in [0.29, 0.717) is 20.7 Å². The summed E-state index contributed by atoms with van der Waals surface area (Å²) in [4.78, 5) is 12.8. The maximum Gasteiger partial charge on any atom is 0.267 e. The molecule has 0 amide bonds. The molecular weight excluding hydrogens is 609 g/mol. The number of hydrogen-bond acceptors (Lipinski definition) is 7. The van der Waals surface area contributed by atoms with Gasteiger partial charge in [0.05, 0.1) is 27.0 Å². The van der Waals surface area contributed by atoms with Gasteiger partial charge in [-0.15, -0.1) is 11.3 Å². The van der Waals surface area contributed by atoms with Gasteiger partial charge in [-0.2, -0.15) is 0 Å². The first-order valence-electron chi connectivity index (χ1n) is 10.7. The van der Waals surface area contributed by atoms with Crippen molar-refractivity contribution in [2.45, 2.75) is 36.2 Å². The Kier molecular flexibility index (Phi) is 7.71. The van der Waals surface area contributed by atoms with Crippen molar-refractivity contribution in [3.05, 3.63) is 69.5 Å². The van der Waals surface area contributed by atoms with E-state index in [4.69, 9.17) is 0 Å². The van der Waals surface area contributed by atoms with E-state index in [2.05, 4.69) is 30.9 Å². The second kappa shape index (κ2) is 10.4. The third kappa shape index (κ3) is 5.69. The van der Waals surface area contributed by atoms with Crippen molar-refractivity contribution in [3.8, 4) is 21.8 Å². The minimum atomic E-state index is -4.80. The van der Waals surface area contributed by atoms with Crippen LogP contribution in [0.15, 0.2) is 57.1 Å². The SMILES string of the molecule is CSc1nccc(-c2sc(C(C)(C)C)nc2-c2cccc(NS(=O)(=O)c3c(F)cc(Br)cc3F)c2F)n1. The van der Waals surface area contributed by atoms with Gasteiger partial charge in [0.25, 0.3) is 10.0 Å². The van der Waals surface area contributed by atoms with E-state index < -0.39 is 38.1 Å². The molecule has 1 N–H and O–H groups in total. The summed E-state index contributed by atoms with van der Waals surface area (Å²) in [5.41, 5.74) is -0.0442. The molecule has 6 nitrogen and oxygen atoms in total. The standard InChI is InChI=1S/C24H20BrF3N4O2S3/c1-24(2,3)22-31-19(20(36-22)17-8-9-29-23(30-17)35-4)13-6-5-7-16(18(13)28)32-37(33,34)21-14(26)10-12(25)11-15(21)27/h5-11,32H,1-4H3. The van der Waals surface area contributed by atoms with E-state index >= 15 is 4.39 Å². The van der Waals surface area contributed by atoms with Gasteiger partial charge in [0.1, 0.15) is 11.6 Å². The minimum absolute atomic E-state index is 0.00279. The van der Waals surface area contributed by atoms with Gasteiger partial charge in [-0.1, -0.05) is 54.5 Å². The van der Waals surface area contributed by atoms with Crippen molar-refractivity contribution in [2.75, 3.05) is 11.0 Å². The van der Waals surface area contributed by atoms with Crippen LogP contribution in [0, 0.1) is 17.5 Å². The third-order valence-corrected chi connectivity index (χ3v) is 8.99. The van der Waals surface area contributed by atoms with Gasteiger partial charge in [0.2, 0.25) is 0 Å². The zero-order valence-corrected chi connectivity index (χ0v) is 24.0. The Morgan fingerprint density at radius 1 is 1.05 bits per heavy atom. The van der Waals surface area contributed by atoms with E-state index in [-0.39, 0.29) is 21.1 Å². The van der Waals surface area contributed by atoms with Gasteiger partial charge >= 0.3 is 0 Å². The molecule has 0 saturated heterocycles. The van der Waals surface area contributed by atoms with Crippen LogP contribution in [0.2, 0.25) is 0 Å². The molecule has 0 atom stereocenters. The summed E-state index contributed by atoms with van der Waals surface area (Å²) in [6.45, 7) is 5.90. The van der Waals surface area contributed by atoms with Crippen molar-refractivity contribution < 1.29 is 21.6 Å². The van der Waals surface area contributed by atoms with Gasteiger partial charge in [-0.25, -0.2) is 36.5 Å². The lowest BCUT2D eigenvalue weighted by Crippen LogP contribution is -2.17. The predicted octanol–water partition coefficient (Wildman–Crippen LogP) is 7.27. The first-order valence-corrected chi connectivity index (χ1v) is 15.0. The average molecular weight is 630 g/mol. The molecule has 194 valence electrons. The summed E-state index contributed by atoms with van der Waals surface area (Å²) in [6.07, 6.45) is 3.43. The van der Waals surface area contributed by atoms with Crippen molar-refractivity contribution in [3.63, 3.8) is 0 Å². The Labute approximate surface area is 229 Å². The topological polar surface area (TPSA) is 84.8 Å². The number of anilines is 1. The van der Waals surface area contributed by atoms with E-state index in [9.17, 15) is 17.2 Å². The number of thiazole rings is 1. The van der Waals surface area contributed by atoms with Crippen LogP contribution in [0.1, 0.15) is 25.8 Å². The molecular formula is C24H20BrF3N4O2S3. The molecule has 0 aliphatic rings. The zero-order chi connectivity index (χ0) is 27.1. The normalized spacial score (nSPS) is 12.1. The molecule has 0 fully saturated rings. The summed E-state index contributed by atoms with van der Waals surface area (Å²) < 4.78 is 72.2. The molecule has 4 rings (SSSR count). The van der Waals surface area contributed by atoms with Crippen LogP contribution >= 0.6 is 39.0 Å². The van der Waals surface area contributed by atoms with Crippen LogP contribution in [0.3, 0.4) is 0 Å². The number of sulfonamides is 1. The number of aromatic nitrogens is 3. The number of hydrogen-bond donors (Lipinski definition) is 1. The Bertz CT molecular complexity index is 1580. The molecule has 0 aliphatic carbocycles. The zero-order valence-electron chi connectivity index (χ0n) is 19.9. The largest absolute Gasteiger partial charge is 0.276 e. The number of thioether (sulfide) groups is 1. The highest BCUT2D eigenvalue weighted by molar-refractivity contribution is 9.10. The highest BCUT2D eigenvalue weighted by Gasteiger charge is 2.29. The highest BCUT2D eigenvalue weighted by atomic mass is 79.9. The van der Waals surface area contributed by atoms with E-state index in [1.807, 2.05) is 31.7 Å². The number of rotatable bonds is 6. The predicted molar refractivity (Wildman–Crippen MR) is 144 cm³/mol. The third-order valence-electron chi connectivity index (χ3n) is 5.05. The average Bonchev–Trinajstić information content (AvgIpc) is 3.25. The van der Waals surface area contributed by atoms with Crippen molar-refractivity contribution in [2.24, 2.45) is 0 Å². The molecule has 2 heterocycles. The fourth-order valence-electron chi connectivity index (χ4n) is 3.34. The smallest absolute Gasteiger partial charge is 0.267 e. The molecule has 0 spiro atoms. The van der Waals surface area contributed by atoms with E-state index in [1.54, 1.807) is 12.3 Å². The Morgan fingerprint density at radius 2 is 1.73 bits per heavy atom.